The minimum absolute atomic E-state index is 0. The molecule has 0 aliphatic carbocycles. The molecule has 0 amide bonds. The van der Waals surface area contributed by atoms with Crippen molar-refractivity contribution in [2.75, 3.05) is 0 Å². The molecule has 0 spiro atoms. The largest absolute Gasteiger partial charge is 0.403 e. The van der Waals surface area contributed by atoms with Gasteiger partial charge in [-0.3, -0.25) is 9.19 Å². The molecule has 5 aromatic heterocycles. The number of aromatic nitrogens is 10. The molecule has 15 heteroatoms. The standard InChI is InChI=1S/C24H40BN6.C8H5BN6.Co/c1-22(2,3)16-19-10-13-29(26-19)25(30-14-11-20(27-30)17-23(4,5)6)31-15-12-21(28-31)18-24(7,8)9;10-1-7-3-12-14(5-7)9-15-6-8(2-11)4-13-15;/h10-15,25H,16-18H2,1-9H3;3-6,9H;/q-1;;. The predicted molar refractivity (Wildman–Crippen MR) is 181 cm³/mol. The smallest absolute Gasteiger partial charge is 0.401 e. The Hall–Kier alpha value is -4.33. The number of rotatable bonds is 8. The maximum absolute atomic E-state index is 8.59. The van der Waals surface area contributed by atoms with Gasteiger partial charge in [0, 0.05) is 29.2 Å². The number of nitriles is 2. The molecular formula is C32H45B2CoN12-. The fourth-order valence-corrected chi connectivity index (χ4v) is 5.19. The van der Waals surface area contributed by atoms with Gasteiger partial charge in [-0.1, -0.05) is 62.3 Å². The summed E-state index contributed by atoms with van der Waals surface area (Å²) in [6, 6.07) is 10.4. The van der Waals surface area contributed by atoms with Crippen LogP contribution in [0.15, 0.2) is 61.6 Å². The summed E-state index contributed by atoms with van der Waals surface area (Å²) in [4.78, 5) is 0. The summed E-state index contributed by atoms with van der Waals surface area (Å²) in [5, 5.41) is 40.0. The molecular weight excluding hydrogens is 633 g/mol. The Morgan fingerprint density at radius 3 is 1.19 bits per heavy atom. The van der Waals surface area contributed by atoms with E-state index in [2.05, 4.69) is 123 Å². The SMILES string of the molecule is CC(C)(C)Cc1ccn([BH-](n2ccc(CC(C)(C)C)n2)n2ccc(CC(C)(C)C)n2)n1.N#Cc1cnn(Bn2cc(C#N)cn2)c1.[Co]. The van der Waals surface area contributed by atoms with Gasteiger partial charge in [0.2, 0.25) is 0 Å². The third-order valence-electron chi connectivity index (χ3n) is 6.91. The zero-order valence-electron chi connectivity index (χ0n) is 29.0. The quantitative estimate of drug-likeness (QED) is 0.225. The van der Waals surface area contributed by atoms with Crippen LogP contribution in [-0.4, -0.2) is 63.1 Å². The van der Waals surface area contributed by atoms with Gasteiger partial charge in [0.05, 0.1) is 40.6 Å². The summed E-state index contributed by atoms with van der Waals surface area (Å²) in [6.07, 6.45) is 15.3. The van der Waals surface area contributed by atoms with Crippen molar-refractivity contribution < 1.29 is 16.8 Å². The minimum Gasteiger partial charge on any atom is -0.403 e. The van der Waals surface area contributed by atoms with Crippen molar-refractivity contribution in [3.8, 4) is 12.1 Å². The van der Waals surface area contributed by atoms with Gasteiger partial charge in [-0.2, -0.15) is 20.7 Å². The number of nitrogens with zero attached hydrogens (tertiary/aromatic N) is 12. The first-order valence-electron chi connectivity index (χ1n) is 15.6. The molecule has 47 heavy (non-hydrogen) atoms. The molecule has 249 valence electrons. The van der Waals surface area contributed by atoms with E-state index in [0.29, 0.717) is 18.7 Å². The molecule has 1 radical (unpaired) electrons. The summed E-state index contributed by atoms with van der Waals surface area (Å²) < 4.78 is 9.33. The Kier molecular flexibility index (Phi) is 11.9. The maximum Gasteiger partial charge on any atom is 0.401 e. The number of hydrogen-bond donors (Lipinski definition) is 0. The van der Waals surface area contributed by atoms with Crippen LogP contribution in [0.5, 0.6) is 0 Å². The van der Waals surface area contributed by atoms with Crippen molar-refractivity contribution in [3.05, 3.63) is 89.8 Å². The topological polar surface area (TPSA) is 137 Å². The van der Waals surface area contributed by atoms with Crippen molar-refractivity contribution in [1.29, 1.82) is 10.5 Å². The summed E-state index contributed by atoms with van der Waals surface area (Å²) in [5.74, 6) is 0. The van der Waals surface area contributed by atoms with Crippen molar-refractivity contribution in [3.63, 3.8) is 0 Å². The molecule has 0 aromatic carbocycles. The fourth-order valence-electron chi connectivity index (χ4n) is 5.19. The van der Waals surface area contributed by atoms with E-state index >= 15 is 0 Å². The normalized spacial score (nSPS) is 11.7. The van der Waals surface area contributed by atoms with E-state index in [9.17, 15) is 0 Å². The van der Waals surface area contributed by atoms with Crippen LogP contribution in [0.25, 0.3) is 0 Å². The zero-order chi connectivity index (χ0) is 33.7. The Morgan fingerprint density at radius 1 is 0.617 bits per heavy atom. The van der Waals surface area contributed by atoms with Gasteiger partial charge in [-0.25, -0.2) is 15.3 Å². The van der Waals surface area contributed by atoms with Crippen LogP contribution in [0.3, 0.4) is 0 Å². The van der Waals surface area contributed by atoms with Gasteiger partial charge < -0.3 is 13.8 Å². The molecule has 12 nitrogen and oxygen atoms in total. The number of hydrogen-bond acceptors (Lipinski definition) is 7. The Morgan fingerprint density at radius 2 is 0.936 bits per heavy atom. The molecule has 0 atom stereocenters. The third-order valence-corrected chi connectivity index (χ3v) is 6.91. The summed E-state index contributed by atoms with van der Waals surface area (Å²) >= 11 is 0. The molecule has 5 rings (SSSR count). The van der Waals surface area contributed by atoms with E-state index in [0.717, 1.165) is 36.3 Å². The Labute approximate surface area is 289 Å². The van der Waals surface area contributed by atoms with Crippen LogP contribution < -0.4 is 0 Å². The van der Waals surface area contributed by atoms with Crippen LogP contribution in [-0.2, 0) is 36.0 Å². The molecule has 0 bridgehead atoms. The second-order valence-corrected chi connectivity index (χ2v) is 15.6. The maximum atomic E-state index is 8.59. The van der Waals surface area contributed by atoms with E-state index in [1.165, 1.54) is 12.4 Å². The van der Waals surface area contributed by atoms with Gasteiger partial charge >= 0.3 is 14.7 Å². The summed E-state index contributed by atoms with van der Waals surface area (Å²) in [6.45, 7) is 20.2. The molecule has 0 N–H and O–H groups in total. The van der Waals surface area contributed by atoms with Gasteiger partial charge in [0.1, 0.15) is 12.1 Å². The van der Waals surface area contributed by atoms with Gasteiger partial charge in [0.15, 0.2) is 0 Å². The Bertz CT molecular complexity index is 1630. The van der Waals surface area contributed by atoms with Crippen molar-refractivity contribution in [2.24, 2.45) is 16.2 Å². The molecule has 0 aliphatic heterocycles. The molecule has 5 aromatic rings. The zero-order valence-corrected chi connectivity index (χ0v) is 30.0. The average molecular weight is 678 g/mol. The average Bonchev–Trinajstić information content (AvgIpc) is 3.76. The van der Waals surface area contributed by atoms with Crippen LogP contribution in [0.4, 0.5) is 0 Å². The molecule has 0 fully saturated rings. The molecule has 5 heterocycles. The van der Waals surface area contributed by atoms with Crippen molar-refractivity contribution in [2.45, 2.75) is 81.6 Å². The second kappa shape index (κ2) is 15.0. The third kappa shape index (κ3) is 11.5. The predicted octanol–water partition coefficient (Wildman–Crippen LogP) is 4.19. The van der Waals surface area contributed by atoms with Crippen molar-refractivity contribution >= 4 is 14.7 Å². The van der Waals surface area contributed by atoms with E-state index in [1.807, 2.05) is 12.1 Å². The summed E-state index contributed by atoms with van der Waals surface area (Å²) in [5.41, 5.74) is 4.91. The van der Waals surface area contributed by atoms with E-state index in [-0.39, 0.29) is 33.0 Å². The first kappa shape index (κ1) is 37.1. The van der Waals surface area contributed by atoms with Crippen LogP contribution in [0.2, 0.25) is 0 Å². The monoisotopic (exact) mass is 678 g/mol. The van der Waals surface area contributed by atoms with Crippen LogP contribution in [0, 0.1) is 38.9 Å². The van der Waals surface area contributed by atoms with Crippen molar-refractivity contribution in [1.82, 2.24) is 48.5 Å². The molecule has 0 aliphatic rings. The first-order chi connectivity index (χ1) is 21.5. The Balaban J connectivity index is 0.000000314. The molecule has 0 saturated heterocycles. The van der Waals surface area contributed by atoms with Crippen LogP contribution >= 0.6 is 0 Å². The summed E-state index contributed by atoms with van der Waals surface area (Å²) in [7, 11) is -0.935. The molecule has 0 saturated carbocycles. The van der Waals surface area contributed by atoms with E-state index in [4.69, 9.17) is 25.8 Å². The van der Waals surface area contributed by atoms with Crippen LogP contribution in [0.1, 0.15) is 90.5 Å². The van der Waals surface area contributed by atoms with E-state index in [1.54, 1.807) is 21.6 Å². The minimum atomic E-state index is -1.33. The van der Waals surface area contributed by atoms with E-state index < -0.39 is 7.12 Å². The molecule has 0 unspecified atom stereocenters. The van der Waals surface area contributed by atoms with Gasteiger partial charge in [0.25, 0.3) is 0 Å². The first-order valence-corrected chi connectivity index (χ1v) is 15.6. The van der Waals surface area contributed by atoms with Gasteiger partial charge in [-0.05, 0) is 72.3 Å². The second-order valence-electron chi connectivity index (χ2n) is 15.6. The fraction of sp³-hybridized carbons (Fsp3) is 0.469. The van der Waals surface area contributed by atoms with Gasteiger partial charge in [-0.15, -0.1) is 0 Å².